The highest BCUT2D eigenvalue weighted by molar-refractivity contribution is 6.16. The molecular weight excluding hydrogens is 380 g/mol. The Morgan fingerprint density at radius 2 is 1.63 bits per heavy atom. The number of para-hydroxylation sites is 1. The van der Waals surface area contributed by atoms with E-state index in [1.54, 1.807) is 61.7 Å². The van der Waals surface area contributed by atoms with E-state index in [1.807, 2.05) is 25.1 Å². The van der Waals surface area contributed by atoms with Crippen molar-refractivity contribution >= 4 is 34.2 Å². The van der Waals surface area contributed by atoms with E-state index in [0.717, 1.165) is 5.56 Å². The molecule has 1 heterocycles. The Morgan fingerprint density at radius 1 is 0.867 bits per heavy atom. The minimum atomic E-state index is -0.473. The quantitative estimate of drug-likeness (QED) is 0.479. The predicted octanol–water partition coefficient (Wildman–Crippen LogP) is 5.25. The number of furan rings is 1. The van der Waals surface area contributed by atoms with Crippen LogP contribution in [0.3, 0.4) is 0 Å². The third kappa shape index (κ3) is 3.89. The van der Waals surface area contributed by atoms with Crippen LogP contribution in [0.25, 0.3) is 11.0 Å². The average Bonchev–Trinajstić information content (AvgIpc) is 3.13. The van der Waals surface area contributed by atoms with Crippen LogP contribution in [-0.2, 0) is 0 Å². The van der Waals surface area contributed by atoms with Crippen LogP contribution in [0.5, 0.6) is 5.75 Å². The number of methoxy groups -OCH3 is 1. The second-order valence-electron chi connectivity index (χ2n) is 6.81. The fourth-order valence-electron chi connectivity index (χ4n) is 3.11. The van der Waals surface area contributed by atoms with Crippen molar-refractivity contribution < 1.29 is 18.7 Å². The normalized spacial score (nSPS) is 10.6. The van der Waals surface area contributed by atoms with E-state index in [0.29, 0.717) is 33.7 Å². The largest absolute Gasteiger partial charge is 0.497 e. The van der Waals surface area contributed by atoms with Gasteiger partial charge in [0.1, 0.15) is 17.0 Å². The van der Waals surface area contributed by atoms with Gasteiger partial charge < -0.3 is 19.8 Å². The molecule has 0 atom stereocenters. The number of anilines is 2. The van der Waals surface area contributed by atoms with Gasteiger partial charge in [0, 0.05) is 22.7 Å². The van der Waals surface area contributed by atoms with Crippen LogP contribution in [0, 0.1) is 6.92 Å². The lowest BCUT2D eigenvalue weighted by molar-refractivity contribution is 0.0999. The van der Waals surface area contributed by atoms with E-state index in [4.69, 9.17) is 9.15 Å². The average molecular weight is 400 g/mol. The van der Waals surface area contributed by atoms with Crippen LogP contribution in [0.15, 0.2) is 77.2 Å². The predicted molar refractivity (Wildman–Crippen MR) is 116 cm³/mol. The molecular formula is C24H20N2O4. The molecule has 3 aromatic carbocycles. The van der Waals surface area contributed by atoms with Crippen molar-refractivity contribution in [1.82, 2.24) is 0 Å². The molecule has 2 amide bonds. The summed E-state index contributed by atoms with van der Waals surface area (Å²) in [5, 5.41) is 6.28. The molecule has 0 unspecified atom stereocenters. The first-order chi connectivity index (χ1) is 14.5. The number of hydrogen-bond acceptors (Lipinski definition) is 4. The summed E-state index contributed by atoms with van der Waals surface area (Å²) in [7, 11) is 1.55. The van der Waals surface area contributed by atoms with Crippen LogP contribution in [0.4, 0.5) is 11.4 Å². The van der Waals surface area contributed by atoms with E-state index >= 15 is 0 Å². The van der Waals surface area contributed by atoms with E-state index in [1.165, 1.54) is 0 Å². The number of benzene rings is 3. The van der Waals surface area contributed by atoms with Gasteiger partial charge in [-0.15, -0.1) is 0 Å². The minimum Gasteiger partial charge on any atom is -0.497 e. The number of nitrogens with one attached hydrogen (secondary N) is 2. The smallest absolute Gasteiger partial charge is 0.293 e. The molecule has 30 heavy (non-hydrogen) atoms. The number of fused-ring (bicyclic) bond motifs is 1. The van der Waals surface area contributed by atoms with Gasteiger partial charge in [-0.3, -0.25) is 9.59 Å². The Bertz CT molecular complexity index is 1230. The van der Waals surface area contributed by atoms with Crippen molar-refractivity contribution in [2.24, 2.45) is 0 Å². The van der Waals surface area contributed by atoms with E-state index in [9.17, 15) is 9.59 Å². The molecule has 0 saturated carbocycles. The van der Waals surface area contributed by atoms with Crippen LogP contribution in [-0.4, -0.2) is 18.9 Å². The van der Waals surface area contributed by atoms with Gasteiger partial charge in [-0.05, 0) is 43.3 Å². The Balaban J connectivity index is 1.68. The van der Waals surface area contributed by atoms with E-state index < -0.39 is 5.91 Å². The lowest BCUT2D eigenvalue weighted by atomic mass is 10.1. The van der Waals surface area contributed by atoms with Crippen LogP contribution in [0.1, 0.15) is 26.5 Å². The Kier molecular flexibility index (Phi) is 5.22. The van der Waals surface area contributed by atoms with E-state index in [2.05, 4.69) is 10.6 Å². The number of carbonyl (C=O) groups excluding carboxylic acids is 2. The van der Waals surface area contributed by atoms with Gasteiger partial charge in [-0.2, -0.15) is 0 Å². The van der Waals surface area contributed by atoms with Crippen LogP contribution in [0.2, 0.25) is 0 Å². The van der Waals surface area contributed by atoms with Crippen molar-refractivity contribution in [1.29, 1.82) is 0 Å². The summed E-state index contributed by atoms with van der Waals surface area (Å²) in [6, 6.07) is 21.4. The first kappa shape index (κ1) is 19.3. The molecule has 0 aliphatic rings. The number of ether oxygens (including phenoxy) is 1. The highest BCUT2D eigenvalue weighted by Crippen LogP contribution is 2.32. The van der Waals surface area contributed by atoms with Crippen molar-refractivity contribution in [3.8, 4) is 5.75 Å². The maximum absolute atomic E-state index is 13.0. The summed E-state index contributed by atoms with van der Waals surface area (Å²) < 4.78 is 11.0. The molecule has 4 aromatic rings. The minimum absolute atomic E-state index is 0.0273. The van der Waals surface area contributed by atoms with Gasteiger partial charge in [-0.25, -0.2) is 0 Å². The Hall–Kier alpha value is -4.06. The summed E-state index contributed by atoms with van der Waals surface area (Å²) in [6.07, 6.45) is 0. The maximum Gasteiger partial charge on any atom is 0.293 e. The van der Waals surface area contributed by atoms with Gasteiger partial charge in [0.2, 0.25) is 5.76 Å². The molecule has 150 valence electrons. The zero-order chi connectivity index (χ0) is 21.1. The maximum atomic E-state index is 13.0. The Labute approximate surface area is 173 Å². The summed E-state index contributed by atoms with van der Waals surface area (Å²) in [5.74, 6) is -0.152. The van der Waals surface area contributed by atoms with Crippen molar-refractivity contribution in [3.63, 3.8) is 0 Å². The molecule has 0 fully saturated rings. The summed E-state index contributed by atoms with van der Waals surface area (Å²) in [4.78, 5) is 25.8. The number of amides is 2. The van der Waals surface area contributed by atoms with Crippen molar-refractivity contribution in [2.75, 3.05) is 17.7 Å². The standard InChI is InChI=1S/C24H20N2O4/c1-15-10-12-16(13-11-15)23(27)26-21-19-8-3-4-9-20(19)30-22(21)24(28)25-17-6-5-7-18(14-17)29-2/h3-14H,1-2H3,(H,25,28)(H,26,27). The van der Waals surface area contributed by atoms with Crippen LogP contribution >= 0.6 is 0 Å². The summed E-state index contributed by atoms with van der Waals surface area (Å²) in [6.45, 7) is 1.95. The van der Waals surface area contributed by atoms with Crippen LogP contribution < -0.4 is 15.4 Å². The first-order valence-corrected chi connectivity index (χ1v) is 9.40. The molecule has 4 rings (SSSR count). The molecule has 1 aromatic heterocycles. The van der Waals surface area contributed by atoms with Gasteiger partial charge in [0.25, 0.3) is 11.8 Å². The topological polar surface area (TPSA) is 80.6 Å². The third-order valence-electron chi connectivity index (χ3n) is 4.68. The molecule has 2 N–H and O–H groups in total. The highest BCUT2D eigenvalue weighted by atomic mass is 16.5. The van der Waals surface area contributed by atoms with Crippen molar-refractivity contribution in [2.45, 2.75) is 6.92 Å². The molecule has 0 radical (unpaired) electrons. The number of hydrogen-bond donors (Lipinski definition) is 2. The monoisotopic (exact) mass is 400 g/mol. The lowest BCUT2D eigenvalue weighted by Crippen LogP contribution is -2.17. The van der Waals surface area contributed by atoms with Crippen molar-refractivity contribution in [3.05, 3.63) is 89.7 Å². The second-order valence-corrected chi connectivity index (χ2v) is 6.81. The zero-order valence-corrected chi connectivity index (χ0v) is 16.6. The molecule has 0 spiro atoms. The number of rotatable bonds is 5. The molecule has 0 aliphatic carbocycles. The number of aryl methyl sites for hydroxylation is 1. The summed E-state index contributed by atoms with van der Waals surface area (Å²) >= 11 is 0. The van der Waals surface area contributed by atoms with Gasteiger partial charge in [0.05, 0.1) is 7.11 Å². The van der Waals surface area contributed by atoms with Gasteiger partial charge >= 0.3 is 0 Å². The highest BCUT2D eigenvalue weighted by Gasteiger charge is 2.23. The zero-order valence-electron chi connectivity index (χ0n) is 16.6. The fraction of sp³-hybridized carbons (Fsp3) is 0.0833. The first-order valence-electron chi connectivity index (χ1n) is 9.40. The third-order valence-corrected chi connectivity index (χ3v) is 4.68. The number of carbonyl (C=O) groups is 2. The molecule has 0 aliphatic heterocycles. The SMILES string of the molecule is COc1cccc(NC(=O)c2oc3ccccc3c2NC(=O)c2ccc(C)cc2)c1. The van der Waals surface area contributed by atoms with E-state index in [-0.39, 0.29) is 11.7 Å². The summed E-state index contributed by atoms with van der Waals surface area (Å²) in [5.41, 5.74) is 2.93. The van der Waals surface area contributed by atoms with Gasteiger partial charge in [-0.1, -0.05) is 35.9 Å². The molecule has 6 nitrogen and oxygen atoms in total. The molecule has 0 bridgehead atoms. The molecule has 6 heteroatoms. The van der Waals surface area contributed by atoms with Gasteiger partial charge in [0.15, 0.2) is 0 Å². The lowest BCUT2D eigenvalue weighted by Gasteiger charge is -2.08. The second kappa shape index (κ2) is 8.13. The molecule has 0 saturated heterocycles. The Morgan fingerprint density at radius 3 is 2.40 bits per heavy atom. The fourth-order valence-corrected chi connectivity index (χ4v) is 3.11.